The molecular weight excluding hydrogens is 250 g/mol. The van der Waals surface area contributed by atoms with Crippen LogP contribution in [0.4, 0.5) is 0 Å². The summed E-state index contributed by atoms with van der Waals surface area (Å²) in [7, 11) is 0. The van der Waals surface area contributed by atoms with E-state index in [0.717, 1.165) is 43.0 Å². The fourth-order valence-electron chi connectivity index (χ4n) is 4.77. The highest BCUT2D eigenvalue weighted by molar-refractivity contribution is 5.89. The first-order valence-corrected chi connectivity index (χ1v) is 7.80. The van der Waals surface area contributed by atoms with E-state index in [4.69, 9.17) is 0 Å². The Labute approximate surface area is 119 Å². The molecule has 1 aliphatic heterocycles. The van der Waals surface area contributed by atoms with Gasteiger partial charge in [-0.15, -0.1) is 0 Å². The van der Waals surface area contributed by atoms with E-state index >= 15 is 0 Å². The molecule has 4 rings (SSSR count). The third kappa shape index (κ3) is 1.87. The fraction of sp³-hybridized carbons (Fsp3) is 0.588. The second-order valence-corrected chi connectivity index (χ2v) is 6.71. The molecule has 2 bridgehead atoms. The van der Waals surface area contributed by atoms with Gasteiger partial charge in [-0.1, -0.05) is 18.6 Å². The summed E-state index contributed by atoms with van der Waals surface area (Å²) in [6.45, 7) is 1.98. The van der Waals surface area contributed by atoms with Gasteiger partial charge in [0.15, 0.2) is 0 Å². The lowest BCUT2D eigenvalue weighted by Crippen LogP contribution is -2.42. The first kappa shape index (κ1) is 12.4. The first-order valence-electron chi connectivity index (χ1n) is 7.80. The monoisotopic (exact) mass is 271 g/mol. The lowest BCUT2D eigenvalue weighted by Gasteiger charge is -2.38. The number of carbonyl (C=O) groups is 1. The number of benzene rings is 1. The third-order valence-corrected chi connectivity index (χ3v) is 5.70. The highest BCUT2D eigenvalue weighted by atomic mass is 16.4. The van der Waals surface area contributed by atoms with Crippen LogP contribution < -0.4 is 0 Å². The highest BCUT2D eigenvalue weighted by Crippen LogP contribution is 2.47. The molecule has 0 aromatic heterocycles. The SMILES string of the molecule is O=C(O)c1cccc2c1CCN(C1CC3CCC1C3)C2. The average molecular weight is 271 g/mol. The quantitative estimate of drug-likeness (QED) is 0.899. The summed E-state index contributed by atoms with van der Waals surface area (Å²) in [4.78, 5) is 13.9. The maximum atomic E-state index is 11.3. The summed E-state index contributed by atoms with van der Waals surface area (Å²) >= 11 is 0. The van der Waals surface area contributed by atoms with Gasteiger partial charge in [-0.2, -0.15) is 0 Å². The summed E-state index contributed by atoms with van der Waals surface area (Å²) in [6.07, 6.45) is 6.55. The number of aromatic carboxylic acids is 1. The molecule has 0 radical (unpaired) electrons. The van der Waals surface area contributed by atoms with Crippen molar-refractivity contribution in [1.82, 2.24) is 4.90 Å². The molecule has 1 aromatic carbocycles. The van der Waals surface area contributed by atoms with E-state index in [9.17, 15) is 9.90 Å². The van der Waals surface area contributed by atoms with Crippen molar-refractivity contribution in [3.05, 3.63) is 34.9 Å². The van der Waals surface area contributed by atoms with Crippen LogP contribution in [0.5, 0.6) is 0 Å². The molecule has 3 unspecified atom stereocenters. The Hall–Kier alpha value is -1.35. The van der Waals surface area contributed by atoms with Gasteiger partial charge < -0.3 is 5.11 Å². The average Bonchev–Trinajstić information content (AvgIpc) is 3.08. The summed E-state index contributed by atoms with van der Waals surface area (Å²) in [6, 6.07) is 6.51. The predicted molar refractivity (Wildman–Crippen MR) is 76.8 cm³/mol. The van der Waals surface area contributed by atoms with Gasteiger partial charge in [0, 0.05) is 19.1 Å². The third-order valence-electron chi connectivity index (χ3n) is 5.70. The van der Waals surface area contributed by atoms with Crippen LogP contribution >= 0.6 is 0 Å². The number of hydrogen-bond acceptors (Lipinski definition) is 2. The molecule has 0 amide bonds. The van der Waals surface area contributed by atoms with Crippen molar-refractivity contribution in [2.45, 2.75) is 44.7 Å². The second kappa shape index (κ2) is 4.59. The first-order chi connectivity index (χ1) is 9.72. The minimum absolute atomic E-state index is 0.509. The summed E-state index contributed by atoms with van der Waals surface area (Å²) in [5.74, 6) is 1.09. The Balaban J connectivity index is 1.58. The van der Waals surface area contributed by atoms with Crippen molar-refractivity contribution < 1.29 is 9.90 Å². The lowest BCUT2D eigenvalue weighted by atomic mass is 9.89. The van der Waals surface area contributed by atoms with Gasteiger partial charge in [-0.05, 0) is 54.7 Å². The standard InChI is InChI=1S/C17H21NO2/c19-17(20)15-3-1-2-13-10-18(7-6-14(13)15)16-9-11-4-5-12(16)8-11/h1-3,11-12,16H,4-10H2,(H,19,20). The van der Waals surface area contributed by atoms with Gasteiger partial charge in [0.05, 0.1) is 5.56 Å². The van der Waals surface area contributed by atoms with Crippen molar-refractivity contribution in [2.75, 3.05) is 6.54 Å². The summed E-state index contributed by atoms with van der Waals surface area (Å²) < 4.78 is 0. The molecular formula is C17H21NO2. The van der Waals surface area contributed by atoms with Crippen molar-refractivity contribution in [3.63, 3.8) is 0 Å². The molecule has 1 aromatic rings. The van der Waals surface area contributed by atoms with Crippen molar-refractivity contribution in [2.24, 2.45) is 11.8 Å². The predicted octanol–water partition coefficient (Wildman–Crippen LogP) is 2.93. The zero-order valence-electron chi connectivity index (χ0n) is 11.7. The maximum Gasteiger partial charge on any atom is 0.335 e. The van der Waals surface area contributed by atoms with Gasteiger partial charge in [0.1, 0.15) is 0 Å². The normalized spacial score (nSPS) is 32.3. The minimum Gasteiger partial charge on any atom is -0.478 e. The molecule has 106 valence electrons. The van der Waals surface area contributed by atoms with E-state index in [1.54, 1.807) is 6.07 Å². The van der Waals surface area contributed by atoms with Gasteiger partial charge in [0.25, 0.3) is 0 Å². The van der Waals surface area contributed by atoms with Crippen LogP contribution in [0.25, 0.3) is 0 Å². The molecule has 3 atom stereocenters. The number of nitrogens with zero attached hydrogens (tertiary/aromatic N) is 1. The Morgan fingerprint density at radius 3 is 2.85 bits per heavy atom. The van der Waals surface area contributed by atoms with Crippen LogP contribution in [-0.4, -0.2) is 28.6 Å². The van der Waals surface area contributed by atoms with Crippen molar-refractivity contribution in [1.29, 1.82) is 0 Å². The molecule has 0 saturated heterocycles. The van der Waals surface area contributed by atoms with Gasteiger partial charge in [0.2, 0.25) is 0 Å². The van der Waals surface area contributed by atoms with Crippen LogP contribution in [0, 0.1) is 11.8 Å². The Morgan fingerprint density at radius 1 is 1.25 bits per heavy atom. The van der Waals surface area contributed by atoms with Crippen molar-refractivity contribution in [3.8, 4) is 0 Å². The Kier molecular flexibility index (Phi) is 2.84. The van der Waals surface area contributed by atoms with E-state index in [2.05, 4.69) is 11.0 Å². The Bertz CT molecular complexity index is 554. The van der Waals surface area contributed by atoms with Crippen LogP contribution in [0.1, 0.15) is 47.2 Å². The number of rotatable bonds is 2. The minimum atomic E-state index is -0.782. The molecule has 3 heteroatoms. The zero-order chi connectivity index (χ0) is 13.7. The molecule has 2 fully saturated rings. The molecule has 3 aliphatic rings. The molecule has 20 heavy (non-hydrogen) atoms. The van der Waals surface area contributed by atoms with Crippen LogP contribution in [0.2, 0.25) is 0 Å². The molecule has 1 N–H and O–H groups in total. The number of carboxylic acid groups (broad SMARTS) is 1. The summed E-state index contributed by atoms with van der Waals surface area (Å²) in [5, 5.41) is 9.29. The van der Waals surface area contributed by atoms with Gasteiger partial charge in [-0.25, -0.2) is 4.79 Å². The van der Waals surface area contributed by atoms with E-state index in [0.29, 0.717) is 5.56 Å². The fourth-order valence-corrected chi connectivity index (χ4v) is 4.77. The molecule has 0 spiro atoms. The van der Waals surface area contributed by atoms with Gasteiger partial charge in [-0.3, -0.25) is 4.90 Å². The smallest absolute Gasteiger partial charge is 0.335 e. The van der Waals surface area contributed by atoms with Crippen molar-refractivity contribution >= 4 is 5.97 Å². The Morgan fingerprint density at radius 2 is 2.15 bits per heavy atom. The van der Waals surface area contributed by atoms with Gasteiger partial charge >= 0.3 is 5.97 Å². The summed E-state index contributed by atoms with van der Waals surface area (Å²) in [5.41, 5.74) is 2.81. The molecule has 3 nitrogen and oxygen atoms in total. The van der Waals surface area contributed by atoms with E-state index in [1.165, 1.54) is 31.2 Å². The number of fused-ring (bicyclic) bond motifs is 3. The zero-order valence-corrected chi connectivity index (χ0v) is 11.7. The highest BCUT2D eigenvalue weighted by Gasteiger charge is 2.42. The topological polar surface area (TPSA) is 40.5 Å². The largest absolute Gasteiger partial charge is 0.478 e. The maximum absolute atomic E-state index is 11.3. The molecule has 1 heterocycles. The van der Waals surface area contributed by atoms with E-state index in [-0.39, 0.29) is 0 Å². The lowest BCUT2D eigenvalue weighted by molar-refractivity contribution is 0.0693. The van der Waals surface area contributed by atoms with Crippen LogP contribution in [0.15, 0.2) is 18.2 Å². The molecule has 2 saturated carbocycles. The number of hydrogen-bond donors (Lipinski definition) is 1. The second-order valence-electron chi connectivity index (χ2n) is 6.71. The van der Waals surface area contributed by atoms with E-state index in [1.807, 2.05) is 6.07 Å². The number of carboxylic acids is 1. The molecule has 2 aliphatic carbocycles. The van der Waals surface area contributed by atoms with Crippen LogP contribution in [0.3, 0.4) is 0 Å². The van der Waals surface area contributed by atoms with Crippen LogP contribution in [-0.2, 0) is 13.0 Å². The van der Waals surface area contributed by atoms with E-state index < -0.39 is 5.97 Å².